The second-order valence-electron chi connectivity index (χ2n) is 5.84. The topological polar surface area (TPSA) is 91.6 Å². The molecule has 0 amide bonds. The normalized spacial score (nSPS) is 11.6. The highest BCUT2D eigenvalue weighted by molar-refractivity contribution is 7.92. The monoisotopic (exact) mass is 411 g/mol. The quantitative estimate of drug-likeness (QED) is 0.695. The van der Waals surface area contributed by atoms with Gasteiger partial charge in [-0.2, -0.15) is 0 Å². The minimum Gasteiger partial charge on any atom is -0.497 e. The van der Waals surface area contributed by atoms with Gasteiger partial charge in [0.05, 0.1) is 36.0 Å². The Balaban J connectivity index is 2.13. The minimum atomic E-state index is -4.03. The molecule has 0 aliphatic carbocycles. The van der Waals surface area contributed by atoms with E-state index in [1.165, 1.54) is 41.6 Å². The second-order valence-corrected chi connectivity index (χ2v) is 7.90. The Morgan fingerprint density at radius 2 is 1.63 bits per heavy atom. The molecule has 3 aromatic rings. The molecule has 0 aliphatic rings. The van der Waals surface area contributed by atoms with Gasteiger partial charge in [-0.3, -0.25) is 13.9 Å². The van der Waals surface area contributed by atoms with Gasteiger partial charge in [-0.15, -0.1) is 0 Å². The van der Waals surface area contributed by atoms with Crippen LogP contribution in [-0.2, 0) is 24.1 Å². The van der Waals surface area contributed by atoms with Crippen LogP contribution >= 0.6 is 11.6 Å². The van der Waals surface area contributed by atoms with Crippen molar-refractivity contribution in [1.29, 1.82) is 0 Å². The Labute approximate surface area is 160 Å². The highest BCUT2D eigenvalue weighted by Crippen LogP contribution is 2.33. The number of fused-ring (bicyclic) bond motifs is 1. The SMILES string of the molecule is COc1ccc(OC)c(S(=O)(=O)Nc2cc3c(cc2Cl)n(C)c(=O)n3C)c1. The molecular weight excluding hydrogens is 394 g/mol. The first-order valence-corrected chi connectivity index (χ1v) is 9.65. The first-order valence-electron chi connectivity index (χ1n) is 7.79. The van der Waals surface area contributed by atoms with Gasteiger partial charge in [0, 0.05) is 20.2 Å². The van der Waals surface area contributed by atoms with Crippen LogP contribution in [0.1, 0.15) is 0 Å². The maximum atomic E-state index is 12.9. The van der Waals surface area contributed by atoms with Crippen LogP contribution in [0.5, 0.6) is 11.5 Å². The molecule has 0 spiro atoms. The Morgan fingerprint density at radius 3 is 2.22 bits per heavy atom. The van der Waals surface area contributed by atoms with E-state index in [1.54, 1.807) is 26.2 Å². The molecule has 144 valence electrons. The van der Waals surface area contributed by atoms with Gasteiger partial charge in [0.1, 0.15) is 16.4 Å². The summed E-state index contributed by atoms with van der Waals surface area (Å²) in [5.74, 6) is 0.524. The van der Waals surface area contributed by atoms with Crippen LogP contribution in [0.4, 0.5) is 5.69 Å². The molecule has 1 N–H and O–H groups in total. The lowest BCUT2D eigenvalue weighted by atomic mass is 10.3. The molecular formula is C17H18ClN3O5S. The van der Waals surface area contributed by atoms with Crippen molar-refractivity contribution in [3.05, 3.63) is 45.8 Å². The van der Waals surface area contributed by atoms with E-state index in [0.717, 1.165) is 0 Å². The summed E-state index contributed by atoms with van der Waals surface area (Å²) in [7, 11) is 2.00. The lowest BCUT2D eigenvalue weighted by molar-refractivity contribution is 0.392. The summed E-state index contributed by atoms with van der Waals surface area (Å²) >= 11 is 6.26. The Morgan fingerprint density at radius 1 is 1.00 bits per heavy atom. The van der Waals surface area contributed by atoms with Crippen LogP contribution in [0.25, 0.3) is 11.0 Å². The van der Waals surface area contributed by atoms with E-state index in [-0.39, 0.29) is 27.0 Å². The number of halogens is 1. The standard InChI is InChI=1S/C17H18ClN3O5S/c1-20-13-8-11(18)12(9-14(13)21(2)17(20)22)19-27(23,24)16-7-10(25-3)5-6-15(16)26-4/h5-9,19H,1-4H3. The van der Waals surface area contributed by atoms with E-state index in [2.05, 4.69) is 4.72 Å². The van der Waals surface area contributed by atoms with Gasteiger partial charge in [-0.1, -0.05) is 11.6 Å². The fourth-order valence-corrected chi connectivity index (χ4v) is 4.31. The van der Waals surface area contributed by atoms with E-state index in [9.17, 15) is 13.2 Å². The average molecular weight is 412 g/mol. The zero-order chi connectivity index (χ0) is 19.9. The van der Waals surface area contributed by atoms with Gasteiger partial charge < -0.3 is 9.47 Å². The molecule has 0 radical (unpaired) electrons. The highest BCUT2D eigenvalue weighted by atomic mass is 35.5. The van der Waals surface area contributed by atoms with Crippen molar-refractivity contribution in [2.45, 2.75) is 4.90 Å². The van der Waals surface area contributed by atoms with Crippen LogP contribution in [-0.4, -0.2) is 31.8 Å². The average Bonchev–Trinajstić information content (AvgIpc) is 2.85. The van der Waals surface area contributed by atoms with E-state index in [4.69, 9.17) is 21.1 Å². The Hall–Kier alpha value is -2.65. The predicted molar refractivity (Wildman–Crippen MR) is 104 cm³/mol. The van der Waals surface area contributed by atoms with Crippen LogP contribution in [0.3, 0.4) is 0 Å². The van der Waals surface area contributed by atoms with Crippen LogP contribution in [0.15, 0.2) is 40.0 Å². The van der Waals surface area contributed by atoms with Crippen LogP contribution < -0.4 is 19.9 Å². The fourth-order valence-electron chi connectivity index (χ4n) is 2.79. The van der Waals surface area contributed by atoms with E-state index in [1.807, 2.05) is 0 Å². The molecule has 0 aliphatic heterocycles. The maximum absolute atomic E-state index is 12.9. The molecule has 8 nitrogen and oxygen atoms in total. The van der Waals surface area contributed by atoms with Crippen LogP contribution in [0, 0.1) is 0 Å². The summed E-state index contributed by atoms with van der Waals surface area (Å²) in [5, 5.41) is 0.161. The number of ether oxygens (including phenoxy) is 2. The third kappa shape index (κ3) is 3.24. The molecule has 0 bridgehead atoms. The fraction of sp³-hybridized carbons (Fsp3) is 0.235. The third-order valence-electron chi connectivity index (χ3n) is 4.27. The summed E-state index contributed by atoms with van der Waals surface area (Å²) < 4.78 is 41.4. The van der Waals surface area contributed by atoms with Crippen molar-refractivity contribution in [1.82, 2.24) is 9.13 Å². The van der Waals surface area contributed by atoms with Crippen molar-refractivity contribution in [3.8, 4) is 11.5 Å². The number of benzene rings is 2. The first kappa shape index (κ1) is 19.1. The number of nitrogens with zero attached hydrogens (tertiary/aromatic N) is 2. The maximum Gasteiger partial charge on any atom is 0.328 e. The molecule has 1 aromatic heterocycles. The minimum absolute atomic E-state index is 0.0949. The van der Waals surface area contributed by atoms with E-state index < -0.39 is 10.0 Å². The van der Waals surface area contributed by atoms with Crippen LogP contribution in [0.2, 0.25) is 5.02 Å². The van der Waals surface area contributed by atoms with Gasteiger partial charge >= 0.3 is 5.69 Å². The molecule has 0 saturated heterocycles. The zero-order valence-electron chi connectivity index (χ0n) is 15.1. The number of nitrogens with one attached hydrogen (secondary N) is 1. The number of aromatic nitrogens is 2. The molecule has 0 atom stereocenters. The largest absolute Gasteiger partial charge is 0.497 e. The van der Waals surface area contributed by atoms with Crippen molar-refractivity contribution in [2.75, 3.05) is 18.9 Å². The molecule has 0 fully saturated rings. The number of rotatable bonds is 5. The number of aryl methyl sites for hydroxylation is 2. The number of imidazole rings is 1. The summed E-state index contributed by atoms with van der Waals surface area (Å²) in [6, 6.07) is 7.50. The summed E-state index contributed by atoms with van der Waals surface area (Å²) in [5.41, 5.74) is 1.04. The number of hydrogen-bond acceptors (Lipinski definition) is 5. The molecule has 0 unspecified atom stereocenters. The van der Waals surface area contributed by atoms with Crippen molar-refractivity contribution < 1.29 is 17.9 Å². The van der Waals surface area contributed by atoms with Crippen molar-refractivity contribution in [2.24, 2.45) is 14.1 Å². The molecule has 0 saturated carbocycles. The molecule has 3 rings (SSSR count). The number of methoxy groups -OCH3 is 2. The number of sulfonamides is 1. The third-order valence-corrected chi connectivity index (χ3v) is 5.96. The molecule has 2 aromatic carbocycles. The van der Waals surface area contributed by atoms with Gasteiger partial charge in [-0.25, -0.2) is 13.2 Å². The lowest BCUT2D eigenvalue weighted by Gasteiger charge is -2.14. The number of hydrogen-bond donors (Lipinski definition) is 1. The summed E-state index contributed by atoms with van der Waals surface area (Å²) in [6.45, 7) is 0. The summed E-state index contributed by atoms with van der Waals surface area (Å²) in [6.07, 6.45) is 0. The van der Waals surface area contributed by atoms with Crippen molar-refractivity contribution in [3.63, 3.8) is 0 Å². The molecule has 10 heteroatoms. The lowest BCUT2D eigenvalue weighted by Crippen LogP contribution is -2.19. The number of anilines is 1. The summed E-state index contributed by atoms with van der Waals surface area (Å²) in [4.78, 5) is 12.0. The van der Waals surface area contributed by atoms with Gasteiger partial charge in [0.15, 0.2) is 0 Å². The van der Waals surface area contributed by atoms with E-state index >= 15 is 0 Å². The van der Waals surface area contributed by atoms with Gasteiger partial charge in [0.2, 0.25) is 0 Å². The van der Waals surface area contributed by atoms with Gasteiger partial charge in [-0.05, 0) is 24.3 Å². The Kier molecular flexibility index (Phi) is 4.83. The van der Waals surface area contributed by atoms with E-state index in [0.29, 0.717) is 16.8 Å². The smallest absolute Gasteiger partial charge is 0.328 e. The van der Waals surface area contributed by atoms with Gasteiger partial charge in [0.25, 0.3) is 10.0 Å². The molecule has 1 heterocycles. The highest BCUT2D eigenvalue weighted by Gasteiger charge is 2.23. The zero-order valence-corrected chi connectivity index (χ0v) is 16.7. The van der Waals surface area contributed by atoms with Crippen molar-refractivity contribution >= 4 is 38.3 Å². The molecule has 27 heavy (non-hydrogen) atoms. The Bertz CT molecular complexity index is 1200. The first-order chi connectivity index (χ1) is 12.7. The predicted octanol–water partition coefficient (Wildman–Crippen LogP) is 2.35. The second kappa shape index (κ2) is 6.82.